The molecular formula is C27H25N5O3. The van der Waals surface area contributed by atoms with Crippen LogP contribution in [0.25, 0.3) is 17.0 Å². The van der Waals surface area contributed by atoms with Gasteiger partial charge in [-0.15, -0.1) is 0 Å². The van der Waals surface area contributed by atoms with Crippen LogP contribution in [0, 0.1) is 32.1 Å². The van der Waals surface area contributed by atoms with Gasteiger partial charge in [-0.3, -0.25) is 14.3 Å². The van der Waals surface area contributed by atoms with E-state index in [0.29, 0.717) is 46.0 Å². The number of nitrogens with one attached hydrogen (secondary N) is 1. The van der Waals surface area contributed by atoms with Gasteiger partial charge in [0.2, 0.25) is 0 Å². The third-order valence-electron chi connectivity index (χ3n) is 5.64. The number of nitriles is 1. The molecule has 0 unspecified atom stereocenters. The van der Waals surface area contributed by atoms with Gasteiger partial charge in [0.05, 0.1) is 17.5 Å². The Hall–Kier alpha value is -4.64. The molecule has 2 heterocycles. The van der Waals surface area contributed by atoms with E-state index in [4.69, 9.17) is 4.74 Å². The number of fused-ring (bicyclic) bond motifs is 1. The molecule has 0 saturated heterocycles. The van der Waals surface area contributed by atoms with Crippen molar-refractivity contribution in [3.05, 3.63) is 93.3 Å². The van der Waals surface area contributed by atoms with Gasteiger partial charge in [0, 0.05) is 17.1 Å². The maximum atomic E-state index is 13.3. The first-order valence-corrected chi connectivity index (χ1v) is 11.2. The van der Waals surface area contributed by atoms with E-state index in [1.54, 1.807) is 54.1 Å². The third-order valence-corrected chi connectivity index (χ3v) is 5.64. The first-order chi connectivity index (χ1) is 16.8. The molecule has 8 heteroatoms. The number of hydrogen-bond acceptors (Lipinski definition) is 5. The highest BCUT2D eigenvalue weighted by Crippen LogP contribution is 2.21. The Morgan fingerprint density at radius 1 is 1.11 bits per heavy atom. The highest BCUT2D eigenvalue weighted by Gasteiger charge is 2.17. The molecule has 0 aliphatic carbocycles. The fraction of sp³-hybridized carbons (Fsp3) is 0.185. The molecular weight excluding hydrogens is 442 g/mol. The molecule has 176 valence electrons. The standard InChI is InChI=1S/C27H25N5O3/c1-5-35-23-12-10-22(11-13-23)30-26(33)21(16-28)15-20-14-17(2)31(18(20)3)32-19(4)29-25-9-7-6-8-24(25)27(32)34/h6-15H,5H2,1-4H3,(H,30,33). The molecule has 0 radical (unpaired) electrons. The van der Waals surface area contributed by atoms with Gasteiger partial charge in [0.1, 0.15) is 23.2 Å². The summed E-state index contributed by atoms with van der Waals surface area (Å²) in [6, 6.07) is 17.9. The van der Waals surface area contributed by atoms with Crippen molar-refractivity contribution >= 4 is 28.6 Å². The van der Waals surface area contributed by atoms with Crippen molar-refractivity contribution < 1.29 is 9.53 Å². The van der Waals surface area contributed by atoms with Gasteiger partial charge in [-0.1, -0.05) is 12.1 Å². The number of carbonyl (C=O) groups is 1. The predicted molar refractivity (Wildman–Crippen MR) is 135 cm³/mol. The lowest BCUT2D eigenvalue weighted by molar-refractivity contribution is -0.112. The molecule has 0 spiro atoms. The lowest BCUT2D eigenvalue weighted by atomic mass is 10.1. The fourth-order valence-electron chi connectivity index (χ4n) is 4.01. The van der Waals surface area contributed by atoms with E-state index < -0.39 is 5.91 Å². The molecule has 2 aromatic heterocycles. The zero-order chi connectivity index (χ0) is 25.1. The Kier molecular flexibility index (Phi) is 6.51. The molecule has 0 fully saturated rings. The Morgan fingerprint density at radius 2 is 1.83 bits per heavy atom. The number of rotatable bonds is 6. The maximum absolute atomic E-state index is 13.3. The van der Waals surface area contributed by atoms with Crippen molar-refractivity contribution in [2.24, 2.45) is 0 Å². The molecule has 4 aromatic rings. The van der Waals surface area contributed by atoms with Crippen LogP contribution < -0.4 is 15.6 Å². The summed E-state index contributed by atoms with van der Waals surface area (Å²) in [4.78, 5) is 30.6. The van der Waals surface area contributed by atoms with Crippen LogP contribution in [0.2, 0.25) is 0 Å². The summed E-state index contributed by atoms with van der Waals surface area (Å²) in [6.45, 7) is 7.90. The van der Waals surface area contributed by atoms with Crippen LogP contribution >= 0.6 is 0 Å². The molecule has 0 atom stereocenters. The normalized spacial score (nSPS) is 11.3. The SMILES string of the molecule is CCOc1ccc(NC(=O)C(C#N)=Cc2cc(C)n(-n3c(C)nc4ccccc4c3=O)c2C)cc1. The molecule has 0 aliphatic heterocycles. The minimum atomic E-state index is -0.526. The van der Waals surface area contributed by atoms with Gasteiger partial charge in [-0.05, 0) is 81.8 Å². The molecule has 0 aliphatic rings. The van der Waals surface area contributed by atoms with Crippen LogP contribution in [0.5, 0.6) is 5.75 Å². The lowest BCUT2D eigenvalue weighted by Gasteiger charge is -2.16. The minimum Gasteiger partial charge on any atom is -0.494 e. The van der Waals surface area contributed by atoms with Crippen molar-refractivity contribution in [1.82, 2.24) is 14.3 Å². The Balaban J connectivity index is 1.70. The number of amides is 1. The van der Waals surface area contributed by atoms with E-state index in [1.807, 2.05) is 39.0 Å². The number of carbonyl (C=O) groups excluding carboxylic acids is 1. The smallest absolute Gasteiger partial charge is 0.280 e. The largest absolute Gasteiger partial charge is 0.494 e. The summed E-state index contributed by atoms with van der Waals surface area (Å²) >= 11 is 0. The molecule has 1 amide bonds. The lowest BCUT2D eigenvalue weighted by Crippen LogP contribution is -2.30. The van der Waals surface area contributed by atoms with Crippen LogP contribution in [0.4, 0.5) is 5.69 Å². The highest BCUT2D eigenvalue weighted by atomic mass is 16.5. The van der Waals surface area contributed by atoms with Crippen molar-refractivity contribution in [2.45, 2.75) is 27.7 Å². The quantitative estimate of drug-likeness (QED) is 0.335. The van der Waals surface area contributed by atoms with Gasteiger partial charge in [-0.2, -0.15) is 9.94 Å². The van der Waals surface area contributed by atoms with Gasteiger partial charge in [0.15, 0.2) is 0 Å². The Bertz CT molecular complexity index is 1550. The van der Waals surface area contributed by atoms with Gasteiger partial charge in [0.25, 0.3) is 11.5 Å². The van der Waals surface area contributed by atoms with E-state index in [0.717, 1.165) is 5.69 Å². The molecule has 35 heavy (non-hydrogen) atoms. The van der Waals surface area contributed by atoms with E-state index in [9.17, 15) is 14.9 Å². The van der Waals surface area contributed by atoms with E-state index in [2.05, 4.69) is 10.3 Å². The van der Waals surface area contributed by atoms with E-state index in [1.165, 1.54) is 10.8 Å². The number of aromatic nitrogens is 3. The highest BCUT2D eigenvalue weighted by molar-refractivity contribution is 6.09. The first kappa shape index (κ1) is 23.5. The van der Waals surface area contributed by atoms with Gasteiger partial charge >= 0.3 is 0 Å². The zero-order valence-electron chi connectivity index (χ0n) is 20.0. The number of nitrogens with zero attached hydrogens (tertiary/aromatic N) is 4. The van der Waals surface area contributed by atoms with Crippen LogP contribution in [0.15, 0.2) is 65.0 Å². The summed E-state index contributed by atoms with van der Waals surface area (Å²) in [5.41, 5.74) is 3.05. The molecule has 2 aromatic carbocycles. The third kappa shape index (κ3) is 4.57. The number of aryl methyl sites for hydroxylation is 2. The van der Waals surface area contributed by atoms with Gasteiger partial charge < -0.3 is 10.1 Å². The molecule has 4 rings (SSSR count). The van der Waals surface area contributed by atoms with Crippen molar-refractivity contribution in [3.63, 3.8) is 0 Å². The molecule has 0 bridgehead atoms. The monoisotopic (exact) mass is 467 g/mol. The average molecular weight is 468 g/mol. The number of para-hydroxylation sites is 1. The molecule has 0 saturated carbocycles. The molecule has 1 N–H and O–H groups in total. The van der Waals surface area contributed by atoms with Crippen molar-refractivity contribution in [2.75, 3.05) is 11.9 Å². The first-order valence-electron chi connectivity index (χ1n) is 11.2. The van der Waals surface area contributed by atoms with Crippen molar-refractivity contribution in [1.29, 1.82) is 5.26 Å². The van der Waals surface area contributed by atoms with Crippen LogP contribution in [-0.4, -0.2) is 26.9 Å². The second-order valence-electron chi connectivity index (χ2n) is 8.01. The second kappa shape index (κ2) is 9.69. The minimum absolute atomic E-state index is 0.0557. The van der Waals surface area contributed by atoms with Crippen LogP contribution in [0.3, 0.4) is 0 Å². The van der Waals surface area contributed by atoms with E-state index in [-0.39, 0.29) is 11.1 Å². The van der Waals surface area contributed by atoms with Crippen LogP contribution in [-0.2, 0) is 4.79 Å². The fourth-order valence-corrected chi connectivity index (χ4v) is 4.01. The second-order valence-corrected chi connectivity index (χ2v) is 8.01. The van der Waals surface area contributed by atoms with Crippen molar-refractivity contribution in [3.8, 4) is 11.8 Å². The summed E-state index contributed by atoms with van der Waals surface area (Å²) in [5.74, 6) is 0.699. The predicted octanol–water partition coefficient (Wildman–Crippen LogP) is 4.38. The molecule has 8 nitrogen and oxygen atoms in total. The summed E-state index contributed by atoms with van der Waals surface area (Å²) in [6.07, 6.45) is 1.53. The summed E-state index contributed by atoms with van der Waals surface area (Å²) in [7, 11) is 0. The van der Waals surface area contributed by atoms with Gasteiger partial charge in [-0.25, -0.2) is 4.98 Å². The van der Waals surface area contributed by atoms with Crippen LogP contribution in [0.1, 0.15) is 29.7 Å². The summed E-state index contributed by atoms with van der Waals surface area (Å²) in [5, 5.41) is 12.9. The Morgan fingerprint density at radius 3 is 2.51 bits per heavy atom. The number of anilines is 1. The number of benzene rings is 2. The number of ether oxygens (including phenoxy) is 1. The Labute approximate surface area is 202 Å². The number of hydrogen-bond donors (Lipinski definition) is 1. The summed E-state index contributed by atoms with van der Waals surface area (Å²) < 4.78 is 8.67. The maximum Gasteiger partial charge on any atom is 0.280 e. The topological polar surface area (TPSA) is 102 Å². The zero-order valence-corrected chi connectivity index (χ0v) is 20.0. The van der Waals surface area contributed by atoms with E-state index >= 15 is 0 Å². The average Bonchev–Trinajstić information content (AvgIpc) is 3.11.